The van der Waals surface area contributed by atoms with Crippen molar-refractivity contribution in [3.8, 4) is 0 Å². The normalized spacial score (nSPS) is 31.8. The Morgan fingerprint density at radius 2 is 1.80 bits per heavy atom. The van der Waals surface area contributed by atoms with Gasteiger partial charge in [-0.3, -0.25) is 9.69 Å². The summed E-state index contributed by atoms with van der Waals surface area (Å²) in [5, 5.41) is 17.9. The third-order valence-corrected chi connectivity index (χ3v) is 9.83. The summed E-state index contributed by atoms with van der Waals surface area (Å²) in [5.74, 6) is 1.13. The van der Waals surface area contributed by atoms with E-state index in [0.29, 0.717) is 24.8 Å². The van der Waals surface area contributed by atoms with Gasteiger partial charge in [-0.2, -0.15) is 0 Å². The van der Waals surface area contributed by atoms with Gasteiger partial charge in [-0.05, 0) is 89.5 Å². The number of carbonyl (C=O) groups excluding carboxylic acids is 2. The number of aliphatic hydroxyl groups is 1. The number of ether oxygens (including phenoxy) is 2. The van der Waals surface area contributed by atoms with Crippen LogP contribution in [0.5, 0.6) is 0 Å². The second kappa shape index (κ2) is 13.0. The van der Waals surface area contributed by atoms with Crippen molar-refractivity contribution in [1.82, 2.24) is 15.5 Å². The van der Waals surface area contributed by atoms with Gasteiger partial charge in [0.15, 0.2) is 0 Å². The fourth-order valence-electron chi connectivity index (χ4n) is 7.81. The van der Waals surface area contributed by atoms with E-state index < -0.39 is 18.2 Å². The van der Waals surface area contributed by atoms with Crippen molar-refractivity contribution in [3.63, 3.8) is 0 Å². The summed E-state index contributed by atoms with van der Waals surface area (Å²) in [4.78, 5) is 29.0. The Morgan fingerprint density at radius 3 is 2.51 bits per heavy atom. The van der Waals surface area contributed by atoms with Crippen molar-refractivity contribution in [2.75, 3.05) is 19.7 Å². The van der Waals surface area contributed by atoms with E-state index >= 15 is 0 Å². The first-order valence-electron chi connectivity index (χ1n) is 16.0. The zero-order valence-electron chi connectivity index (χ0n) is 25.3. The lowest BCUT2D eigenvalue weighted by atomic mass is 9.72. The number of likely N-dealkylation sites (tertiary alicyclic amines) is 1. The van der Waals surface area contributed by atoms with E-state index in [2.05, 4.69) is 15.5 Å². The SMILES string of the molecule is CC(C)(C)NC(=O)[C@@H]1C[C@@H]2CCCC[C@@H]2CN1C[C@@H](O)[C@H](Cc1ccccc1)NC(=O)O[C@H]1CCCC12CCCO2. The summed E-state index contributed by atoms with van der Waals surface area (Å²) in [6.45, 7) is 7.86. The molecule has 0 bridgehead atoms. The fourth-order valence-corrected chi connectivity index (χ4v) is 7.81. The smallest absolute Gasteiger partial charge is 0.407 e. The van der Waals surface area contributed by atoms with Crippen molar-refractivity contribution in [2.45, 2.75) is 127 Å². The molecule has 8 nitrogen and oxygen atoms in total. The van der Waals surface area contributed by atoms with Gasteiger partial charge in [0, 0.05) is 25.2 Å². The van der Waals surface area contributed by atoms with Gasteiger partial charge in [-0.15, -0.1) is 0 Å². The molecular formula is C33H51N3O5. The molecule has 1 aromatic rings. The Hall–Kier alpha value is -2.16. The van der Waals surface area contributed by atoms with Crippen molar-refractivity contribution >= 4 is 12.0 Å². The molecule has 2 saturated carbocycles. The van der Waals surface area contributed by atoms with Gasteiger partial charge in [0.1, 0.15) is 11.7 Å². The molecule has 41 heavy (non-hydrogen) atoms. The van der Waals surface area contributed by atoms with Gasteiger partial charge in [0.2, 0.25) is 5.91 Å². The lowest BCUT2D eigenvalue weighted by Crippen LogP contribution is -2.60. The number of amides is 2. The van der Waals surface area contributed by atoms with Crippen molar-refractivity contribution in [3.05, 3.63) is 35.9 Å². The van der Waals surface area contributed by atoms with Gasteiger partial charge in [0.05, 0.1) is 18.2 Å². The molecule has 2 saturated heterocycles. The fraction of sp³-hybridized carbons (Fsp3) is 0.758. The van der Waals surface area contributed by atoms with Crippen molar-refractivity contribution in [2.24, 2.45) is 11.8 Å². The van der Waals surface area contributed by atoms with E-state index in [9.17, 15) is 14.7 Å². The Bertz CT molecular complexity index is 1020. The molecule has 1 unspecified atom stereocenters. The number of hydrogen-bond donors (Lipinski definition) is 3. The maximum absolute atomic E-state index is 13.5. The molecular weight excluding hydrogens is 518 g/mol. The number of β-amino-alcohol motifs (C(OH)–C–C–N with tert-alkyl or cyclic N) is 1. The van der Waals surface area contributed by atoms with Gasteiger partial charge in [-0.25, -0.2) is 4.79 Å². The number of piperidine rings is 1. The van der Waals surface area contributed by atoms with Crippen LogP contribution >= 0.6 is 0 Å². The number of benzene rings is 1. The monoisotopic (exact) mass is 569 g/mol. The highest BCUT2D eigenvalue weighted by molar-refractivity contribution is 5.82. The second-order valence-electron chi connectivity index (χ2n) is 14.1. The highest BCUT2D eigenvalue weighted by Crippen LogP contribution is 2.43. The van der Waals surface area contributed by atoms with Crippen LogP contribution in [-0.4, -0.2) is 77.1 Å². The maximum atomic E-state index is 13.5. The van der Waals surface area contributed by atoms with Gasteiger partial charge < -0.3 is 25.2 Å². The number of alkyl carbamates (subject to hydrolysis) is 1. The molecule has 0 radical (unpaired) electrons. The van der Waals surface area contributed by atoms with Crippen molar-refractivity contribution < 1.29 is 24.2 Å². The van der Waals surface area contributed by atoms with Crippen LogP contribution in [0.4, 0.5) is 4.79 Å². The summed E-state index contributed by atoms with van der Waals surface area (Å²) < 4.78 is 12.1. The Labute approximate surface area is 245 Å². The standard InChI is InChI=1S/C33H51N3O5/c1-32(2,3)35-30(38)27-20-24-13-7-8-14-25(24)21-36(27)22-28(37)26(19-23-11-5-4-6-12-23)34-31(39)41-29-15-9-16-33(29)17-10-18-40-33/h4-6,11-12,24-29,37H,7-10,13-22H2,1-3H3,(H,34,39)(H,35,38)/t24-,25+,26-,27-,28+,29-,33?/m0/s1. The molecule has 2 amide bonds. The minimum atomic E-state index is -0.867. The molecule has 5 rings (SSSR count). The molecule has 3 N–H and O–H groups in total. The molecule has 2 aliphatic carbocycles. The molecule has 2 heterocycles. The van der Waals surface area contributed by atoms with Crippen LogP contribution in [0.15, 0.2) is 30.3 Å². The highest BCUT2D eigenvalue weighted by Gasteiger charge is 2.49. The average Bonchev–Trinajstić information content (AvgIpc) is 3.57. The van der Waals surface area contributed by atoms with Crippen LogP contribution < -0.4 is 10.6 Å². The first-order valence-corrected chi connectivity index (χ1v) is 16.0. The Kier molecular flexibility index (Phi) is 9.61. The van der Waals surface area contributed by atoms with Crippen LogP contribution in [-0.2, 0) is 20.7 Å². The number of nitrogens with one attached hydrogen (secondary N) is 2. The lowest BCUT2D eigenvalue weighted by Gasteiger charge is -2.47. The maximum Gasteiger partial charge on any atom is 0.407 e. The average molecular weight is 570 g/mol. The molecule has 4 fully saturated rings. The Balaban J connectivity index is 1.30. The first kappa shape index (κ1) is 30.3. The van der Waals surface area contributed by atoms with Crippen LogP contribution in [0.3, 0.4) is 0 Å². The first-order chi connectivity index (χ1) is 19.6. The van der Waals surface area contributed by atoms with Crippen LogP contribution in [0.2, 0.25) is 0 Å². The molecule has 2 aliphatic heterocycles. The molecule has 228 valence electrons. The number of nitrogens with zero attached hydrogens (tertiary/aromatic N) is 1. The van der Waals surface area contributed by atoms with Gasteiger partial charge in [0.25, 0.3) is 0 Å². The zero-order valence-corrected chi connectivity index (χ0v) is 25.3. The van der Waals surface area contributed by atoms with E-state index in [1.165, 1.54) is 25.7 Å². The van der Waals surface area contributed by atoms with Crippen LogP contribution in [0, 0.1) is 11.8 Å². The van der Waals surface area contributed by atoms with E-state index in [1.807, 2.05) is 51.1 Å². The van der Waals surface area contributed by atoms with E-state index in [4.69, 9.17) is 9.47 Å². The topological polar surface area (TPSA) is 100 Å². The highest BCUT2D eigenvalue weighted by atomic mass is 16.6. The largest absolute Gasteiger partial charge is 0.443 e. The van der Waals surface area contributed by atoms with Gasteiger partial charge >= 0.3 is 6.09 Å². The zero-order chi connectivity index (χ0) is 29.0. The third-order valence-electron chi connectivity index (χ3n) is 9.83. The molecule has 8 heteroatoms. The molecule has 0 aromatic heterocycles. The van der Waals surface area contributed by atoms with Gasteiger partial charge in [-0.1, -0.05) is 49.6 Å². The van der Waals surface area contributed by atoms with E-state index in [-0.39, 0.29) is 29.2 Å². The number of fused-ring (bicyclic) bond motifs is 1. The van der Waals surface area contributed by atoms with Crippen LogP contribution in [0.25, 0.3) is 0 Å². The Morgan fingerprint density at radius 1 is 1.07 bits per heavy atom. The predicted molar refractivity (Wildman–Crippen MR) is 158 cm³/mol. The minimum absolute atomic E-state index is 0.0313. The summed E-state index contributed by atoms with van der Waals surface area (Å²) in [7, 11) is 0. The lowest BCUT2D eigenvalue weighted by molar-refractivity contribution is -0.132. The van der Waals surface area contributed by atoms with E-state index in [0.717, 1.165) is 57.2 Å². The third kappa shape index (κ3) is 7.63. The number of hydrogen-bond acceptors (Lipinski definition) is 6. The number of aliphatic hydroxyl groups excluding tert-OH is 1. The summed E-state index contributed by atoms with van der Waals surface area (Å²) in [6.07, 6.45) is 9.13. The summed E-state index contributed by atoms with van der Waals surface area (Å²) >= 11 is 0. The summed E-state index contributed by atoms with van der Waals surface area (Å²) in [6, 6.07) is 9.09. The molecule has 7 atom stereocenters. The predicted octanol–water partition coefficient (Wildman–Crippen LogP) is 4.58. The van der Waals surface area contributed by atoms with E-state index in [1.54, 1.807) is 0 Å². The minimum Gasteiger partial charge on any atom is -0.443 e. The number of rotatable bonds is 8. The quantitative estimate of drug-likeness (QED) is 0.424. The summed E-state index contributed by atoms with van der Waals surface area (Å²) in [5.41, 5.74) is 0.358. The second-order valence-corrected chi connectivity index (χ2v) is 14.1. The number of carbonyl (C=O) groups is 2. The molecule has 4 aliphatic rings. The van der Waals surface area contributed by atoms with Crippen LogP contribution in [0.1, 0.15) is 90.5 Å². The van der Waals surface area contributed by atoms with Crippen molar-refractivity contribution in [1.29, 1.82) is 0 Å². The molecule has 1 aromatic carbocycles. The molecule has 1 spiro atoms.